The fraction of sp³-hybridized carbons (Fsp3) is 0.611. The van der Waals surface area contributed by atoms with E-state index in [0.29, 0.717) is 12.0 Å². The average Bonchev–Trinajstić information content (AvgIpc) is 3.26. The highest BCUT2D eigenvalue weighted by Gasteiger charge is 2.36. The van der Waals surface area contributed by atoms with E-state index >= 15 is 0 Å². The van der Waals surface area contributed by atoms with Gasteiger partial charge in [-0.15, -0.1) is 15.0 Å². The van der Waals surface area contributed by atoms with E-state index in [1.165, 1.54) is 55.5 Å². The Labute approximate surface area is 143 Å². The van der Waals surface area contributed by atoms with Crippen LogP contribution in [0.15, 0.2) is 18.5 Å². The lowest BCUT2D eigenvalue weighted by molar-refractivity contribution is 0.172. The van der Waals surface area contributed by atoms with Gasteiger partial charge in [-0.1, -0.05) is 13.8 Å². The van der Waals surface area contributed by atoms with Crippen molar-refractivity contribution < 1.29 is 0 Å². The molecule has 0 saturated heterocycles. The zero-order chi connectivity index (χ0) is 16.5. The summed E-state index contributed by atoms with van der Waals surface area (Å²) in [5.41, 5.74) is 5.30. The molecule has 2 heterocycles. The van der Waals surface area contributed by atoms with Crippen LogP contribution in [0.4, 0.5) is 5.69 Å². The largest absolute Gasteiger partial charge is 0.384 e. The van der Waals surface area contributed by atoms with Gasteiger partial charge in [0.15, 0.2) is 6.33 Å². The molecule has 6 heteroatoms. The summed E-state index contributed by atoms with van der Waals surface area (Å²) in [5, 5.41) is 15.9. The molecule has 1 N–H and O–H groups in total. The van der Waals surface area contributed by atoms with Crippen LogP contribution in [-0.4, -0.2) is 50.8 Å². The first-order valence-corrected chi connectivity index (χ1v) is 9.18. The van der Waals surface area contributed by atoms with Crippen molar-refractivity contribution in [2.45, 2.75) is 51.5 Å². The van der Waals surface area contributed by atoms with E-state index in [-0.39, 0.29) is 0 Å². The van der Waals surface area contributed by atoms with E-state index in [2.05, 4.69) is 51.6 Å². The summed E-state index contributed by atoms with van der Waals surface area (Å²) < 4.78 is 0. The molecule has 0 bridgehead atoms. The van der Waals surface area contributed by atoms with Crippen LogP contribution in [-0.2, 0) is 6.42 Å². The Balaban J connectivity index is 1.73. The van der Waals surface area contributed by atoms with Gasteiger partial charge in [-0.25, -0.2) is 0 Å². The first-order valence-electron chi connectivity index (χ1n) is 9.18. The third-order valence-corrected chi connectivity index (χ3v) is 5.38. The number of aromatic nitrogens is 4. The molecule has 0 spiro atoms. The van der Waals surface area contributed by atoms with E-state index in [1.54, 1.807) is 4.80 Å². The van der Waals surface area contributed by atoms with Crippen molar-refractivity contribution >= 4 is 5.69 Å². The van der Waals surface area contributed by atoms with Gasteiger partial charge in [0.1, 0.15) is 0 Å². The number of rotatable bonds is 6. The molecule has 6 nitrogen and oxygen atoms in total. The zero-order valence-corrected chi connectivity index (χ0v) is 14.6. The molecule has 2 unspecified atom stereocenters. The standard InChI is InChI=1S/C18H26N6/c1-3-7-23(8-4-2)14-9-13-11-19-16-5-6-17(15(10-14)18(13)16)24-21-12-20-22-24/h5-6,12-14,19H,3-4,7-11H2,1-2H3. The second kappa shape index (κ2) is 6.51. The second-order valence-electron chi connectivity index (χ2n) is 6.96. The number of nitrogens with zero attached hydrogens (tertiary/aromatic N) is 5. The normalized spacial score (nSPS) is 21.8. The van der Waals surface area contributed by atoms with Gasteiger partial charge >= 0.3 is 0 Å². The highest BCUT2D eigenvalue weighted by molar-refractivity contribution is 5.67. The minimum atomic E-state index is 0.605. The van der Waals surface area contributed by atoms with Gasteiger partial charge in [0.2, 0.25) is 0 Å². The van der Waals surface area contributed by atoms with Crippen molar-refractivity contribution in [3.05, 3.63) is 29.6 Å². The minimum Gasteiger partial charge on any atom is -0.384 e. The van der Waals surface area contributed by atoms with Crippen LogP contribution < -0.4 is 5.32 Å². The molecule has 1 aliphatic carbocycles. The van der Waals surface area contributed by atoms with Crippen LogP contribution in [0, 0.1) is 0 Å². The Hall–Kier alpha value is -1.95. The molecule has 0 amide bonds. The van der Waals surface area contributed by atoms with Crippen molar-refractivity contribution in [2.75, 3.05) is 25.0 Å². The fourth-order valence-electron chi connectivity index (χ4n) is 4.47. The lowest BCUT2D eigenvalue weighted by Crippen LogP contribution is -2.41. The van der Waals surface area contributed by atoms with Gasteiger partial charge in [0.05, 0.1) is 5.69 Å². The molecule has 24 heavy (non-hydrogen) atoms. The number of hydrogen-bond donors (Lipinski definition) is 1. The molecule has 128 valence electrons. The predicted molar refractivity (Wildman–Crippen MR) is 94.6 cm³/mol. The molecular weight excluding hydrogens is 300 g/mol. The lowest BCUT2D eigenvalue weighted by atomic mass is 9.79. The zero-order valence-electron chi connectivity index (χ0n) is 14.6. The van der Waals surface area contributed by atoms with Gasteiger partial charge in [-0.05, 0) is 67.2 Å². The molecule has 2 aliphatic rings. The van der Waals surface area contributed by atoms with Crippen molar-refractivity contribution in [1.82, 2.24) is 25.1 Å². The maximum Gasteiger partial charge on any atom is 0.162 e. The first kappa shape index (κ1) is 15.6. The van der Waals surface area contributed by atoms with Crippen LogP contribution in [0.25, 0.3) is 5.69 Å². The van der Waals surface area contributed by atoms with Gasteiger partial charge < -0.3 is 10.2 Å². The Morgan fingerprint density at radius 2 is 2.08 bits per heavy atom. The summed E-state index contributed by atoms with van der Waals surface area (Å²) in [6.45, 7) is 7.98. The van der Waals surface area contributed by atoms with Crippen molar-refractivity contribution in [3.63, 3.8) is 0 Å². The van der Waals surface area contributed by atoms with Gasteiger partial charge in [-0.2, -0.15) is 0 Å². The highest BCUT2D eigenvalue weighted by Crippen LogP contribution is 2.44. The van der Waals surface area contributed by atoms with E-state index in [4.69, 9.17) is 0 Å². The third kappa shape index (κ3) is 2.59. The van der Waals surface area contributed by atoms with Crippen molar-refractivity contribution in [2.24, 2.45) is 0 Å². The Kier molecular flexibility index (Phi) is 4.22. The average molecular weight is 326 g/mol. The molecule has 4 rings (SSSR count). The highest BCUT2D eigenvalue weighted by atomic mass is 15.6. The SMILES string of the molecule is CCCN(CCC)C1Cc2c(-n3ncnn3)ccc3c2C(CN3)C1. The van der Waals surface area contributed by atoms with Gasteiger partial charge in [-0.3, -0.25) is 0 Å². The minimum absolute atomic E-state index is 0.605. The van der Waals surface area contributed by atoms with Crippen LogP contribution in [0.2, 0.25) is 0 Å². The summed E-state index contributed by atoms with van der Waals surface area (Å²) in [4.78, 5) is 4.36. The molecular formula is C18H26N6. The summed E-state index contributed by atoms with van der Waals surface area (Å²) in [6.07, 6.45) is 6.27. The maximum atomic E-state index is 4.27. The molecule has 0 fully saturated rings. The number of nitrogens with one attached hydrogen (secondary N) is 1. The second-order valence-corrected chi connectivity index (χ2v) is 6.96. The molecule has 0 radical (unpaired) electrons. The van der Waals surface area contributed by atoms with Crippen molar-refractivity contribution in [1.29, 1.82) is 0 Å². The van der Waals surface area contributed by atoms with E-state index in [0.717, 1.165) is 18.7 Å². The van der Waals surface area contributed by atoms with E-state index in [9.17, 15) is 0 Å². The monoisotopic (exact) mass is 326 g/mol. The number of hydrogen-bond acceptors (Lipinski definition) is 5. The molecule has 1 aromatic heterocycles. The molecule has 1 aliphatic heterocycles. The Morgan fingerprint density at radius 1 is 1.25 bits per heavy atom. The smallest absolute Gasteiger partial charge is 0.162 e. The van der Waals surface area contributed by atoms with Crippen LogP contribution >= 0.6 is 0 Å². The van der Waals surface area contributed by atoms with E-state index in [1.807, 2.05) is 0 Å². The van der Waals surface area contributed by atoms with E-state index < -0.39 is 0 Å². The van der Waals surface area contributed by atoms with Crippen LogP contribution in [0.3, 0.4) is 0 Å². The Bertz CT molecular complexity index is 690. The van der Waals surface area contributed by atoms with Gasteiger partial charge in [0, 0.05) is 24.2 Å². The summed E-state index contributed by atoms with van der Waals surface area (Å²) >= 11 is 0. The molecule has 2 aromatic rings. The van der Waals surface area contributed by atoms with Crippen LogP contribution in [0.5, 0.6) is 0 Å². The summed E-state index contributed by atoms with van der Waals surface area (Å²) in [5.74, 6) is 0.605. The quantitative estimate of drug-likeness (QED) is 0.884. The fourth-order valence-corrected chi connectivity index (χ4v) is 4.47. The maximum absolute atomic E-state index is 4.27. The summed E-state index contributed by atoms with van der Waals surface area (Å²) in [6, 6.07) is 4.92. The molecule has 1 aromatic carbocycles. The molecule has 0 saturated carbocycles. The van der Waals surface area contributed by atoms with Gasteiger partial charge in [0.25, 0.3) is 0 Å². The number of benzene rings is 1. The van der Waals surface area contributed by atoms with Crippen LogP contribution in [0.1, 0.15) is 50.2 Å². The topological polar surface area (TPSA) is 58.9 Å². The predicted octanol–water partition coefficient (Wildman–Crippen LogP) is 2.61. The summed E-state index contributed by atoms with van der Waals surface area (Å²) in [7, 11) is 0. The number of anilines is 1. The third-order valence-electron chi connectivity index (χ3n) is 5.38. The lowest BCUT2D eigenvalue weighted by Gasteiger charge is -2.37. The molecule has 2 atom stereocenters. The van der Waals surface area contributed by atoms with Crippen molar-refractivity contribution in [3.8, 4) is 5.69 Å². The first-order chi connectivity index (χ1) is 11.8. The Morgan fingerprint density at radius 3 is 2.79 bits per heavy atom. The number of tetrazole rings is 1.